The molecule has 138 valence electrons. The van der Waals surface area contributed by atoms with Crippen LogP contribution in [0.4, 0.5) is 5.95 Å². The lowest BCUT2D eigenvalue weighted by molar-refractivity contribution is 0.0950. The highest BCUT2D eigenvalue weighted by atomic mass is 16.5. The number of benzene rings is 1. The van der Waals surface area contributed by atoms with Gasteiger partial charge in [0.05, 0.1) is 12.7 Å². The van der Waals surface area contributed by atoms with Gasteiger partial charge in [-0.15, -0.1) is 0 Å². The van der Waals surface area contributed by atoms with Gasteiger partial charge in [-0.3, -0.25) is 9.78 Å². The van der Waals surface area contributed by atoms with Crippen LogP contribution >= 0.6 is 0 Å². The summed E-state index contributed by atoms with van der Waals surface area (Å²) in [5.74, 6) is 1.11. The van der Waals surface area contributed by atoms with Crippen molar-refractivity contribution in [1.82, 2.24) is 20.3 Å². The number of carbonyl (C=O) groups excluding carboxylic acids is 1. The van der Waals surface area contributed by atoms with E-state index in [1.54, 1.807) is 19.5 Å². The predicted octanol–water partition coefficient (Wildman–Crippen LogP) is 2.46. The zero-order valence-electron chi connectivity index (χ0n) is 15.1. The van der Waals surface area contributed by atoms with Crippen LogP contribution in [-0.4, -0.2) is 34.5 Å². The van der Waals surface area contributed by atoms with E-state index in [2.05, 4.69) is 25.6 Å². The zero-order valence-corrected chi connectivity index (χ0v) is 15.1. The van der Waals surface area contributed by atoms with Gasteiger partial charge in [0.1, 0.15) is 5.75 Å². The van der Waals surface area contributed by atoms with Gasteiger partial charge in [-0.2, -0.15) is 0 Å². The van der Waals surface area contributed by atoms with Crippen LogP contribution in [0.5, 0.6) is 5.75 Å². The third-order valence-electron chi connectivity index (χ3n) is 3.92. The normalized spacial score (nSPS) is 10.3. The van der Waals surface area contributed by atoms with Gasteiger partial charge in [0.25, 0.3) is 5.91 Å². The first-order chi connectivity index (χ1) is 13.2. The fraction of sp³-hybridized carbons (Fsp3) is 0.200. The molecule has 0 aliphatic rings. The maximum absolute atomic E-state index is 12.1. The molecule has 1 amide bonds. The highest BCUT2D eigenvalue weighted by Gasteiger charge is 2.07. The number of carbonyl (C=O) groups is 1. The number of hydrogen-bond acceptors (Lipinski definition) is 6. The smallest absolute Gasteiger partial charge is 0.254 e. The van der Waals surface area contributed by atoms with Gasteiger partial charge < -0.3 is 15.4 Å². The van der Waals surface area contributed by atoms with Crippen LogP contribution in [0.15, 0.2) is 61.2 Å². The molecular weight excluding hydrogens is 342 g/mol. The van der Waals surface area contributed by atoms with Crippen LogP contribution in [0.3, 0.4) is 0 Å². The van der Waals surface area contributed by atoms with Crippen LogP contribution in [-0.2, 0) is 13.0 Å². The number of aromatic nitrogens is 3. The van der Waals surface area contributed by atoms with Crippen LogP contribution in [0.25, 0.3) is 0 Å². The second-order valence-corrected chi connectivity index (χ2v) is 5.87. The van der Waals surface area contributed by atoms with Crippen LogP contribution in [0.2, 0.25) is 0 Å². The van der Waals surface area contributed by atoms with E-state index in [0.29, 0.717) is 24.6 Å². The number of hydrogen-bond donors (Lipinski definition) is 2. The van der Waals surface area contributed by atoms with Crippen molar-refractivity contribution >= 4 is 11.9 Å². The van der Waals surface area contributed by atoms with Crippen molar-refractivity contribution in [1.29, 1.82) is 0 Å². The van der Waals surface area contributed by atoms with E-state index in [-0.39, 0.29) is 5.91 Å². The molecule has 0 fully saturated rings. The summed E-state index contributed by atoms with van der Waals surface area (Å²) in [5.41, 5.74) is 2.51. The standard InChI is InChI=1S/C20H21N5O2/c1-27-18-6-2-4-15(10-18)7-9-22-20-24-13-17(14-25-20)19(26)23-12-16-5-3-8-21-11-16/h2-6,8,10-11,13-14H,7,9,12H2,1H3,(H,23,26)(H,22,24,25). The van der Waals surface area contributed by atoms with Gasteiger partial charge in [-0.1, -0.05) is 18.2 Å². The van der Waals surface area contributed by atoms with E-state index in [1.165, 1.54) is 12.4 Å². The first-order valence-corrected chi connectivity index (χ1v) is 8.60. The molecule has 0 saturated heterocycles. The number of nitrogens with one attached hydrogen (secondary N) is 2. The Kier molecular flexibility index (Phi) is 6.30. The van der Waals surface area contributed by atoms with Gasteiger partial charge in [-0.25, -0.2) is 9.97 Å². The quantitative estimate of drug-likeness (QED) is 0.639. The minimum absolute atomic E-state index is 0.221. The van der Waals surface area contributed by atoms with Crippen molar-refractivity contribution in [3.05, 3.63) is 77.9 Å². The number of rotatable bonds is 8. The molecule has 2 heterocycles. The van der Waals surface area contributed by atoms with Crippen LogP contribution in [0.1, 0.15) is 21.5 Å². The molecule has 7 heteroatoms. The fourth-order valence-electron chi connectivity index (χ4n) is 2.47. The third kappa shape index (κ3) is 5.50. The van der Waals surface area contributed by atoms with E-state index < -0.39 is 0 Å². The molecular formula is C20H21N5O2. The average molecular weight is 363 g/mol. The van der Waals surface area contributed by atoms with Crippen molar-refractivity contribution in [2.24, 2.45) is 0 Å². The van der Waals surface area contributed by atoms with Gasteiger partial charge >= 0.3 is 0 Å². The summed E-state index contributed by atoms with van der Waals surface area (Å²) < 4.78 is 5.22. The Labute approximate surface area is 157 Å². The van der Waals surface area contributed by atoms with E-state index in [4.69, 9.17) is 4.74 Å². The van der Waals surface area contributed by atoms with Crippen molar-refractivity contribution in [3.63, 3.8) is 0 Å². The summed E-state index contributed by atoms with van der Waals surface area (Å²) >= 11 is 0. The summed E-state index contributed by atoms with van der Waals surface area (Å²) in [4.78, 5) is 24.6. The number of amides is 1. The number of nitrogens with zero attached hydrogens (tertiary/aromatic N) is 3. The van der Waals surface area contributed by atoms with E-state index in [1.807, 2.05) is 36.4 Å². The largest absolute Gasteiger partial charge is 0.497 e. The molecule has 0 saturated carbocycles. The summed E-state index contributed by atoms with van der Waals surface area (Å²) in [6, 6.07) is 11.6. The molecule has 0 unspecified atom stereocenters. The van der Waals surface area contributed by atoms with Gasteiger partial charge in [0, 0.05) is 37.9 Å². The molecule has 0 bridgehead atoms. The molecule has 2 aromatic heterocycles. The Morgan fingerprint density at radius 2 is 1.89 bits per heavy atom. The van der Waals surface area contributed by atoms with Crippen molar-refractivity contribution in [2.75, 3.05) is 19.0 Å². The zero-order chi connectivity index (χ0) is 18.9. The lowest BCUT2D eigenvalue weighted by Crippen LogP contribution is -2.23. The number of pyridine rings is 1. The number of methoxy groups -OCH3 is 1. The maximum atomic E-state index is 12.1. The summed E-state index contributed by atoms with van der Waals surface area (Å²) in [7, 11) is 1.65. The summed E-state index contributed by atoms with van der Waals surface area (Å²) in [6.07, 6.45) is 7.25. The molecule has 3 rings (SSSR count). The van der Waals surface area contributed by atoms with Crippen LogP contribution in [0, 0.1) is 0 Å². The summed E-state index contributed by atoms with van der Waals surface area (Å²) in [6.45, 7) is 1.09. The Morgan fingerprint density at radius 1 is 1.07 bits per heavy atom. The second kappa shape index (κ2) is 9.28. The predicted molar refractivity (Wildman–Crippen MR) is 103 cm³/mol. The molecule has 0 aliphatic carbocycles. The van der Waals surface area contributed by atoms with Crippen molar-refractivity contribution in [2.45, 2.75) is 13.0 Å². The fourth-order valence-corrected chi connectivity index (χ4v) is 2.47. The van der Waals surface area contributed by atoms with Gasteiger partial charge in [0.15, 0.2) is 0 Å². The van der Waals surface area contributed by atoms with Gasteiger partial charge in [0.2, 0.25) is 5.95 Å². The maximum Gasteiger partial charge on any atom is 0.254 e. The minimum atomic E-state index is -0.221. The minimum Gasteiger partial charge on any atom is -0.497 e. The molecule has 7 nitrogen and oxygen atoms in total. The first kappa shape index (κ1) is 18.3. The SMILES string of the molecule is COc1cccc(CCNc2ncc(C(=O)NCc3cccnc3)cn2)c1. The molecule has 0 atom stereocenters. The lowest BCUT2D eigenvalue weighted by Gasteiger charge is -2.07. The molecule has 0 spiro atoms. The average Bonchev–Trinajstić information content (AvgIpc) is 2.73. The highest BCUT2D eigenvalue weighted by molar-refractivity contribution is 5.93. The van der Waals surface area contributed by atoms with Crippen LogP contribution < -0.4 is 15.4 Å². The number of ether oxygens (including phenoxy) is 1. The Balaban J connectivity index is 1.47. The molecule has 3 aromatic rings. The molecule has 1 aromatic carbocycles. The topological polar surface area (TPSA) is 89.0 Å². The van der Waals surface area contributed by atoms with E-state index >= 15 is 0 Å². The molecule has 0 radical (unpaired) electrons. The highest BCUT2D eigenvalue weighted by Crippen LogP contribution is 2.13. The van der Waals surface area contributed by atoms with Crippen molar-refractivity contribution in [3.8, 4) is 5.75 Å². The van der Waals surface area contributed by atoms with E-state index in [9.17, 15) is 4.79 Å². The monoisotopic (exact) mass is 363 g/mol. The first-order valence-electron chi connectivity index (χ1n) is 8.60. The second-order valence-electron chi connectivity index (χ2n) is 5.87. The third-order valence-corrected chi connectivity index (χ3v) is 3.92. The molecule has 2 N–H and O–H groups in total. The lowest BCUT2D eigenvalue weighted by atomic mass is 10.1. The Hall–Kier alpha value is -3.48. The summed E-state index contributed by atoms with van der Waals surface area (Å²) in [5, 5.41) is 5.97. The van der Waals surface area contributed by atoms with Crippen molar-refractivity contribution < 1.29 is 9.53 Å². The Bertz CT molecular complexity index is 869. The Morgan fingerprint density at radius 3 is 2.63 bits per heavy atom. The molecule has 27 heavy (non-hydrogen) atoms. The van der Waals surface area contributed by atoms with E-state index in [0.717, 1.165) is 23.3 Å². The molecule has 0 aliphatic heterocycles. The van der Waals surface area contributed by atoms with Gasteiger partial charge in [-0.05, 0) is 35.7 Å². The number of anilines is 1.